The molecule has 0 aliphatic rings. The summed E-state index contributed by atoms with van der Waals surface area (Å²) in [5.41, 5.74) is 4.82. The number of rotatable bonds is 6. The van der Waals surface area contributed by atoms with Gasteiger partial charge in [-0.3, -0.25) is 9.36 Å². The first-order valence-electron chi connectivity index (χ1n) is 9.64. The van der Waals surface area contributed by atoms with Gasteiger partial charge < -0.3 is 10.3 Å². The standard InChI is InChI=1S/C23H19N5OS/c29-22(24-14-21-25-17-10-4-5-11-18(17)26-21)15-30-23-27-19-12-6-7-13-20(19)28(23)16-8-2-1-3-9-16/h1-13H,14-15H2,(H,24,29)(H,25,26). The van der Waals surface area contributed by atoms with Crippen molar-refractivity contribution >= 4 is 39.7 Å². The zero-order valence-electron chi connectivity index (χ0n) is 16.1. The molecule has 2 N–H and O–H groups in total. The number of hydrogen-bond donors (Lipinski definition) is 2. The average Bonchev–Trinajstić information content (AvgIpc) is 3.37. The van der Waals surface area contributed by atoms with E-state index in [2.05, 4.69) is 19.9 Å². The maximum Gasteiger partial charge on any atom is 0.230 e. The Bertz CT molecular complexity index is 1290. The molecule has 0 unspecified atom stereocenters. The van der Waals surface area contributed by atoms with E-state index >= 15 is 0 Å². The fourth-order valence-corrected chi connectivity index (χ4v) is 4.24. The summed E-state index contributed by atoms with van der Waals surface area (Å²) in [7, 11) is 0. The molecule has 2 heterocycles. The molecular weight excluding hydrogens is 394 g/mol. The summed E-state index contributed by atoms with van der Waals surface area (Å²) >= 11 is 1.43. The largest absolute Gasteiger partial charge is 0.348 e. The molecule has 0 aliphatic carbocycles. The first kappa shape index (κ1) is 18.4. The number of amides is 1. The van der Waals surface area contributed by atoms with Gasteiger partial charge in [0.05, 0.1) is 34.4 Å². The Hall–Kier alpha value is -3.58. The third-order valence-corrected chi connectivity index (χ3v) is 5.71. The number of fused-ring (bicyclic) bond motifs is 2. The van der Waals surface area contributed by atoms with Gasteiger partial charge in [0.1, 0.15) is 5.82 Å². The van der Waals surface area contributed by atoms with Gasteiger partial charge in [0.25, 0.3) is 0 Å². The Labute approximate surface area is 177 Å². The molecule has 148 valence electrons. The summed E-state index contributed by atoms with van der Waals surface area (Å²) in [5, 5.41) is 3.73. The predicted molar refractivity (Wildman–Crippen MR) is 120 cm³/mol. The van der Waals surface area contributed by atoms with Gasteiger partial charge in [0.15, 0.2) is 5.16 Å². The molecule has 5 rings (SSSR count). The average molecular weight is 414 g/mol. The molecule has 7 heteroatoms. The highest BCUT2D eigenvalue weighted by molar-refractivity contribution is 7.99. The van der Waals surface area contributed by atoms with Crippen LogP contribution in [0.5, 0.6) is 0 Å². The zero-order chi connectivity index (χ0) is 20.3. The second kappa shape index (κ2) is 8.04. The topological polar surface area (TPSA) is 75.6 Å². The molecule has 0 fully saturated rings. The molecule has 30 heavy (non-hydrogen) atoms. The van der Waals surface area contributed by atoms with E-state index in [-0.39, 0.29) is 11.7 Å². The van der Waals surface area contributed by atoms with Crippen LogP contribution >= 0.6 is 11.8 Å². The summed E-state index contributed by atoms with van der Waals surface area (Å²) in [4.78, 5) is 24.9. The summed E-state index contributed by atoms with van der Waals surface area (Å²) in [6, 6.07) is 25.9. The smallest absolute Gasteiger partial charge is 0.230 e. The van der Waals surface area contributed by atoms with Crippen molar-refractivity contribution in [1.82, 2.24) is 24.8 Å². The van der Waals surface area contributed by atoms with Gasteiger partial charge in [0, 0.05) is 5.69 Å². The number of hydrogen-bond acceptors (Lipinski definition) is 4. The highest BCUT2D eigenvalue weighted by Gasteiger charge is 2.14. The molecule has 0 radical (unpaired) electrons. The molecule has 1 amide bonds. The lowest BCUT2D eigenvalue weighted by molar-refractivity contribution is -0.118. The third-order valence-electron chi connectivity index (χ3n) is 4.77. The van der Waals surface area contributed by atoms with Crippen LogP contribution in [0.2, 0.25) is 0 Å². The predicted octanol–water partition coefficient (Wildman–Crippen LogP) is 4.31. The molecule has 0 saturated heterocycles. The van der Waals surface area contributed by atoms with E-state index in [1.807, 2.05) is 78.9 Å². The number of para-hydroxylation sites is 5. The van der Waals surface area contributed by atoms with E-state index in [1.54, 1.807) is 0 Å². The Morgan fingerprint density at radius 2 is 1.63 bits per heavy atom. The molecule has 6 nitrogen and oxygen atoms in total. The molecule has 2 aromatic heterocycles. The van der Waals surface area contributed by atoms with Gasteiger partial charge in [-0.15, -0.1) is 0 Å². The zero-order valence-corrected chi connectivity index (χ0v) is 16.9. The van der Waals surface area contributed by atoms with E-state index in [4.69, 9.17) is 4.98 Å². The monoisotopic (exact) mass is 413 g/mol. The Kier molecular flexibility index (Phi) is 4.94. The first-order chi connectivity index (χ1) is 14.8. The summed E-state index contributed by atoms with van der Waals surface area (Å²) in [6.45, 7) is 0.364. The van der Waals surface area contributed by atoms with Crippen LogP contribution in [0.3, 0.4) is 0 Å². The van der Waals surface area contributed by atoms with Crippen LogP contribution in [0, 0.1) is 0 Å². The second-order valence-corrected chi connectivity index (χ2v) is 7.76. The van der Waals surface area contributed by atoms with Gasteiger partial charge in [-0.05, 0) is 36.4 Å². The number of nitrogens with one attached hydrogen (secondary N) is 2. The normalized spacial score (nSPS) is 11.2. The molecule has 0 atom stereocenters. The summed E-state index contributed by atoms with van der Waals surface area (Å²) < 4.78 is 2.09. The van der Waals surface area contributed by atoms with Gasteiger partial charge in [0.2, 0.25) is 5.91 Å². The molecule has 0 saturated carbocycles. The molecular formula is C23H19N5OS. The number of benzene rings is 3. The molecule has 0 spiro atoms. The van der Waals surface area contributed by atoms with Crippen LogP contribution in [0.1, 0.15) is 5.82 Å². The van der Waals surface area contributed by atoms with E-state index in [9.17, 15) is 4.79 Å². The van der Waals surface area contributed by atoms with Crippen molar-refractivity contribution < 1.29 is 4.79 Å². The minimum atomic E-state index is -0.0628. The number of nitrogens with zero attached hydrogens (tertiary/aromatic N) is 3. The second-order valence-electron chi connectivity index (χ2n) is 6.82. The SMILES string of the molecule is O=C(CSc1nc2ccccc2n1-c1ccccc1)NCc1nc2ccccc2[nH]1. The van der Waals surface area contributed by atoms with Crippen molar-refractivity contribution in [3.63, 3.8) is 0 Å². The lowest BCUT2D eigenvalue weighted by Crippen LogP contribution is -2.25. The lowest BCUT2D eigenvalue weighted by Gasteiger charge is -2.09. The van der Waals surface area contributed by atoms with Crippen LogP contribution in [0.15, 0.2) is 84.0 Å². The van der Waals surface area contributed by atoms with Crippen LogP contribution in [0.25, 0.3) is 27.8 Å². The van der Waals surface area contributed by atoms with E-state index in [0.29, 0.717) is 6.54 Å². The van der Waals surface area contributed by atoms with E-state index in [0.717, 1.165) is 38.7 Å². The maximum atomic E-state index is 12.5. The number of thioether (sulfide) groups is 1. The van der Waals surface area contributed by atoms with Gasteiger partial charge >= 0.3 is 0 Å². The minimum absolute atomic E-state index is 0.0628. The minimum Gasteiger partial charge on any atom is -0.348 e. The molecule has 0 bridgehead atoms. The van der Waals surface area contributed by atoms with Gasteiger partial charge in [-0.1, -0.05) is 54.2 Å². The molecule has 5 aromatic rings. The maximum absolute atomic E-state index is 12.5. The Balaban J connectivity index is 1.30. The number of aromatic amines is 1. The number of carbonyl (C=O) groups is 1. The lowest BCUT2D eigenvalue weighted by atomic mass is 10.3. The third kappa shape index (κ3) is 3.67. The quantitative estimate of drug-likeness (QED) is 0.407. The Morgan fingerprint density at radius 3 is 2.47 bits per heavy atom. The van der Waals surface area contributed by atoms with Crippen molar-refractivity contribution in [2.24, 2.45) is 0 Å². The van der Waals surface area contributed by atoms with Crippen molar-refractivity contribution in [3.05, 3.63) is 84.7 Å². The molecule has 0 aliphatic heterocycles. The van der Waals surface area contributed by atoms with Gasteiger partial charge in [-0.25, -0.2) is 9.97 Å². The van der Waals surface area contributed by atoms with Crippen LogP contribution in [-0.2, 0) is 11.3 Å². The van der Waals surface area contributed by atoms with Gasteiger partial charge in [-0.2, -0.15) is 0 Å². The summed E-state index contributed by atoms with van der Waals surface area (Å²) in [6.07, 6.45) is 0. The number of carbonyl (C=O) groups excluding carboxylic acids is 1. The number of aromatic nitrogens is 4. The van der Waals surface area contributed by atoms with Crippen LogP contribution < -0.4 is 5.32 Å². The fourth-order valence-electron chi connectivity index (χ4n) is 3.38. The van der Waals surface area contributed by atoms with Crippen molar-refractivity contribution in [2.45, 2.75) is 11.7 Å². The molecule has 3 aromatic carbocycles. The first-order valence-corrected chi connectivity index (χ1v) is 10.6. The van der Waals surface area contributed by atoms with Crippen molar-refractivity contribution in [1.29, 1.82) is 0 Å². The highest BCUT2D eigenvalue weighted by atomic mass is 32.2. The van der Waals surface area contributed by atoms with E-state index < -0.39 is 0 Å². The Morgan fingerprint density at radius 1 is 0.900 bits per heavy atom. The fraction of sp³-hybridized carbons (Fsp3) is 0.0870. The van der Waals surface area contributed by atoms with Crippen LogP contribution in [0.4, 0.5) is 0 Å². The summed E-state index contributed by atoms with van der Waals surface area (Å²) in [5.74, 6) is 0.953. The number of imidazole rings is 2. The number of H-pyrrole nitrogens is 1. The highest BCUT2D eigenvalue weighted by Crippen LogP contribution is 2.27. The van der Waals surface area contributed by atoms with Crippen molar-refractivity contribution in [3.8, 4) is 5.69 Å². The van der Waals surface area contributed by atoms with Crippen LogP contribution in [-0.4, -0.2) is 31.2 Å². The van der Waals surface area contributed by atoms with Crippen molar-refractivity contribution in [2.75, 3.05) is 5.75 Å². The van der Waals surface area contributed by atoms with E-state index in [1.165, 1.54) is 11.8 Å².